The van der Waals surface area contributed by atoms with Crippen molar-refractivity contribution in [3.05, 3.63) is 66.4 Å². The van der Waals surface area contributed by atoms with Crippen molar-refractivity contribution in [2.75, 3.05) is 6.54 Å². The highest BCUT2D eigenvalue weighted by Gasteiger charge is 2.39. The van der Waals surface area contributed by atoms with Gasteiger partial charge in [-0.25, -0.2) is 14.6 Å². The minimum absolute atomic E-state index is 0.184. The Bertz CT molecular complexity index is 1270. The molecule has 1 saturated heterocycles. The lowest BCUT2D eigenvalue weighted by atomic mass is 10.1. The monoisotopic (exact) mass is 437 g/mol. The molecule has 10 nitrogen and oxygen atoms in total. The fourth-order valence-corrected chi connectivity index (χ4v) is 5.20. The number of amidine groups is 1. The summed E-state index contributed by atoms with van der Waals surface area (Å²) in [5, 5.41) is 7.06. The Morgan fingerprint density at radius 2 is 2.06 bits per heavy atom. The lowest BCUT2D eigenvalue weighted by Gasteiger charge is -2.25. The maximum atomic E-state index is 13.0. The number of carbonyl (C=O) groups is 1. The maximum Gasteiger partial charge on any atom is 0.285 e. The summed E-state index contributed by atoms with van der Waals surface area (Å²) in [4.78, 5) is 23.3. The molecule has 158 valence electrons. The molecule has 0 aliphatic carbocycles. The molecule has 5 rings (SSSR count). The zero-order valence-corrected chi connectivity index (χ0v) is 17.2. The minimum Gasteiger partial charge on any atom is -0.350 e. The van der Waals surface area contributed by atoms with Gasteiger partial charge in [0.2, 0.25) is 5.91 Å². The molecular formula is C20H19N7O3S. The van der Waals surface area contributed by atoms with Crippen LogP contribution < -0.4 is 5.32 Å². The van der Waals surface area contributed by atoms with E-state index in [1.807, 2.05) is 6.07 Å². The van der Waals surface area contributed by atoms with Gasteiger partial charge in [0.05, 0.1) is 0 Å². The number of nitrogens with one attached hydrogen (secondary N) is 1. The fraction of sp³-hybridized carbons (Fsp3) is 0.250. The fourth-order valence-electron chi connectivity index (χ4n) is 3.98. The first-order valence-corrected chi connectivity index (χ1v) is 11.3. The van der Waals surface area contributed by atoms with E-state index in [1.165, 1.54) is 6.33 Å². The second-order valence-electron chi connectivity index (χ2n) is 7.28. The average molecular weight is 437 g/mol. The van der Waals surface area contributed by atoms with Gasteiger partial charge in [0.15, 0.2) is 11.7 Å². The molecule has 11 heteroatoms. The summed E-state index contributed by atoms with van der Waals surface area (Å²) in [6.07, 6.45) is 6.01. The van der Waals surface area contributed by atoms with Crippen molar-refractivity contribution in [1.29, 1.82) is 0 Å². The molecule has 3 aromatic rings. The van der Waals surface area contributed by atoms with Crippen LogP contribution in [0.2, 0.25) is 0 Å². The Morgan fingerprint density at radius 3 is 2.90 bits per heavy atom. The molecule has 2 aliphatic heterocycles. The molecule has 0 bridgehead atoms. The number of carbonyl (C=O) groups excluding carboxylic acids is 1. The summed E-state index contributed by atoms with van der Waals surface area (Å²) in [6, 6.07) is 9.87. The Kier molecular flexibility index (Phi) is 4.74. The number of hydrogen-bond acceptors (Lipinski definition) is 7. The van der Waals surface area contributed by atoms with Crippen LogP contribution in [0.5, 0.6) is 0 Å². The highest BCUT2D eigenvalue weighted by atomic mass is 32.2. The number of amides is 1. The number of pyridine rings is 1. The van der Waals surface area contributed by atoms with Gasteiger partial charge in [0.1, 0.15) is 23.6 Å². The second kappa shape index (κ2) is 7.58. The largest absolute Gasteiger partial charge is 0.350 e. The molecule has 0 unspecified atom stereocenters. The summed E-state index contributed by atoms with van der Waals surface area (Å²) in [5.74, 6) is 0.747. The van der Waals surface area contributed by atoms with Gasteiger partial charge in [-0.3, -0.25) is 4.79 Å². The van der Waals surface area contributed by atoms with E-state index in [0.29, 0.717) is 30.2 Å². The quantitative estimate of drug-likeness (QED) is 0.643. The van der Waals surface area contributed by atoms with Crippen molar-refractivity contribution >= 4 is 21.8 Å². The zero-order chi connectivity index (χ0) is 21.4. The lowest BCUT2D eigenvalue weighted by molar-refractivity contribution is -0.124. The predicted octanol–water partition coefficient (Wildman–Crippen LogP) is 0.892. The standard InChI is InChI=1S/C20H19N7O3S/c28-20(23-11-14-5-3-9-22-18(14)27-13-21-12-24-27)16-7-4-10-26(16)19-15-6-1-2-8-17(15)31(29,30)25-19/h1-3,5-6,8-9,12-13,16H,4,7,10-11H2,(H,23,28)/t16-/m0/s1. The molecule has 1 aromatic carbocycles. The van der Waals surface area contributed by atoms with Crippen molar-refractivity contribution in [2.45, 2.75) is 30.3 Å². The molecule has 1 N–H and O–H groups in total. The van der Waals surface area contributed by atoms with Gasteiger partial charge >= 0.3 is 0 Å². The number of nitrogens with zero attached hydrogens (tertiary/aromatic N) is 6. The van der Waals surface area contributed by atoms with Gasteiger partial charge in [-0.15, -0.1) is 4.40 Å². The number of rotatable bonds is 4. The number of likely N-dealkylation sites (tertiary alicyclic amines) is 1. The van der Waals surface area contributed by atoms with Crippen molar-refractivity contribution in [3.63, 3.8) is 0 Å². The van der Waals surface area contributed by atoms with Crippen LogP contribution >= 0.6 is 0 Å². The van der Waals surface area contributed by atoms with Crippen LogP contribution in [-0.4, -0.2) is 57.4 Å². The van der Waals surface area contributed by atoms with E-state index >= 15 is 0 Å². The van der Waals surface area contributed by atoms with E-state index in [0.717, 1.165) is 12.0 Å². The van der Waals surface area contributed by atoms with Crippen LogP contribution in [0.15, 0.2) is 64.5 Å². The zero-order valence-electron chi connectivity index (χ0n) is 16.4. The first-order valence-electron chi connectivity index (χ1n) is 9.82. The molecular weight excluding hydrogens is 418 g/mol. The summed E-state index contributed by atoms with van der Waals surface area (Å²) in [6.45, 7) is 0.825. The molecule has 0 spiro atoms. The van der Waals surface area contributed by atoms with Crippen LogP contribution in [0.4, 0.5) is 0 Å². The lowest BCUT2D eigenvalue weighted by Crippen LogP contribution is -2.45. The molecule has 31 heavy (non-hydrogen) atoms. The first kappa shape index (κ1) is 19.4. The summed E-state index contributed by atoms with van der Waals surface area (Å²) in [5.41, 5.74) is 1.33. The topological polar surface area (TPSA) is 122 Å². The highest BCUT2D eigenvalue weighted by molar-refractivity contribution is 7.90. The number of aromatic nitrogens is 4. The van der Waals surface area contributed by atoms with Crippen LogP contribution in [0.3, 0.4) is 0 Å². The Labute approximate surface area is 178 Å². The van der Waals surface area contributed by atoms with Gasteiger partial charge in [0, 0.05) is 30.4 Å². The molecule has 2 aromatic heterocycles. The first-order chi connectivity index (χ1) is 15.0. The van der Waals surface area contributed by atoms with Gasteiger partial charge in [-0.1, -0.05) is 18.2 Å². The van der Waals surface area contributed by atoms with Crippen LogP contribution in [0.25, 0.3) is 5.82 Å². The van der Waals surface area contributed by atoms with Crippen molar-refractivity contribution in [3.8, 4) is 5.82 Å². The number of fused-ring (bicyclic) bond motifs is 1. The SMILES string of the molecule is O=C(NCc1cccnc1-n1cncn1)[C@@H]1CCCN1C1=NS(=O)(=O)c2ccccc21. The molecule has 1 amide bonds. The molecule has 1 fully saturated rings. The Hall–Kier alpha value is -3.60. The molecule has 1 atom stereocenters. The van der Waals surface area contributed by atoms with Gasteiger partial charge < -0.3 is 10.2 Å². The molecule has 4 heterocycles. The van der Waals surface area contributed by atoms with E-state index < -0.39 is 16.1 Å². The van der Waals surface area contributed by atoms with Crippen molar-refractivity contribution in [2.24, 2.45) is 4.40 Å². The van der Waals surface area contributed by atoms with Crippen LogP contribution in [-0.2, 0) is 21.4 Å². The van der Waals surface area contributed by atoms with E-state index in [-0.39, 0.29) is 17.3 Å². The van der Waals surface area contributed by atoms with Crippen molar-refractivity contribution < 1.29 is 13.2 Å². The molecule has 0 radical (unpaired) electrons. The van der Waals surface area contributed by atoms with Gasteiger partial charge in [-0.2, -0.15) is 13.5 Å². The summed E-state index contributed by atoms with van der Waals surface area (Å²) >= 11 is 0. The minimum atomic E-state index is -3.74. The third-order valence-corrected chi connectivity index (χ3v) is 6.72. The van der Waals surface area contributed by atoms with E-state index in [9.17, 15) is 13.2 Å². The van der Waals surface area contributed by atoms with E-state index in [2.05, 4.69) is 24.8 Å². The van der Waals surface area contributed by atoms with Gasteiger partial charge in [-0.05, 0) is 31.0 Å². The van der Waals surface area contributed by atoms with E-state index in [1.54, 1.807) is 52.4 Å². The smallest absolute Gasteiger partial charge is 0.285 e. The van der Waals surface area contributed by atoms with E-state index in [4.69, 9.17) is 0 Å². The predicted molar refractivity (Wildman–Crippen MR) is 111 cm³/mol. The second-order valence-corrected chi connectivity index (χ2v) is 8.85. The highest BCUT2D eigenvalue weighted by Crippen LogP contribution is 2.31. The number of sulfonamides is 1. The molecule has 2 aliphatic rings. The average Bonchev–Trinajstić information content (AvgIpc) is 3.52. The number of benzene rings is 1. The van der Waals surface area contributed by atoms with Crippen LogP contribution in [0, 0.1) is 0 Å². The summed E-state index contributed by atoms with van der Waals surface area (Å²) < 4.78 is 30.4. The van der Waals surface area contributed by atoms with Gasteiger partial charge in [0.25, 0.3) is 10.0 Å². The third kappa shape index (κ3) is 3.46. The Morgan fingerprint density at radius 1 is 1.19 bits per heavy atom. The number of hydrogen-bond donors (Lipinski definition) is 1. The van der Waals surface area contributed by atoms with Crippen molar-refractivity contribution in [1.82, 2.24) is 30.0 Å². The van der Waals surface area contributed by atoms with Crippen LogP contribution in [0.1, 0.15) is 24.0 Å². The summed E-state index contributed by atoms with van der Waals surface area (Å²) in [7, 11) is -3.74. The normalized spacial score (nSPS) is 19.2. The maximum absolute atomic E-state index is 13.0. The Balaban J connectivity index is 1.36. The molecule has 0 saturated carbocycles. The third-order valence-electron chi connectivity index (χ3n) is 5.40.